The Balaban J connectivity index is 1.33. The predicted octanol–water partition coefficient (Wildman–Crippen LogP) is 3.79. The topological polar surface area (TPSA) is 51.4 Å². The average Bonchev–Trinajstić information content (AvgIpc) is 3.36. The minimum absolute atomic E-state index is 0.192. The van der Waals surface area contributed by atoms with E-state index in [0.717, 1.165) is 36.3 Å². The average molecular weight is 341 g/mol. The van der Waals surface area contributed by atoms with Gasteiger partial charge in [0.15, 0.2) is 5.82 Å². The summed E-state index contributed by atoms with van der Waals surface area (Å²) in [5.74, 6) is 2.93. The van der Waals surface area contributed by atoms with Crippen LogP contribution in [0.15, 0.2) is 28.8 Å². The third-order valence-electron chi connectivity index (χ3n) is 5.08. The highest BCUT2D eigenvalue weighted by Gasteiger charge is 2.33. The second-order valence-electron chi connectivity index (χ2n) is 7.58. The molecule has 5 nitrogen and oxygen atoms in total. The van der Waals surface area contributed by atoms with Crippen molar-refractivity contribution in [3.05, 3.63) is 41.5 Å². The summed E-state index contributed by atoms with van der Waals surface area (Å²) in [7, 11) is 0. The van der Waals surface area contributed by atoms with E-state index < -0.39 is 0 Å². The minimum atomic E-state index is 0.192. The molecule has 4 rings (SSSR count). The smallest absolute Gasteiger partial charge is 0.229 e. The van der Waals surface area contributed by atoms with Crippen molar-refractivity contribution in [2.24, 2.45) is 0 Å². The Kier molecular flexibility index (Phi) is 4.75. The Morgan fingerprint density at radius 3 is 2.48 bits per heavy atom. The summed E-state index contributed by atoms with van der Waals surface area (Å²) in [5, 5.41) is 4.19. The SMILES string of the molecule is CC(C)Oc1ccc(Cc2noc(C3CCN(C4CC4)CC3)n2)cc1. The van der Waals surface area contributed by atoms with Gasteiger partial charge < -0.3 is 14.2 Å². The molecular weight excluding hydrogens is 314 g/mol. The van der Waals surface area contributed by atoms with Crippen molar-refractivity contribution in [2.75, 3.05) is 13.1 Å². The molecule has 0 amide bonds. The molecule has 0 bridgehead atoms. The van der Waals surface area contributed by atoms with Gasteiger partial charge in [-0.3, -0.25) is 0 Å². The van der Waals surface area contributed by atoms with Gasteiger partial charge in [-0.05, 0) is 70.3 Å². The molecule has 1 aromatic heterocycles. The summed E-state index contributed by atoms with van der Waals surface area (Å²) in [6.07, 6.45) is 5.94. The fourth-order valence-corrected chi connectivity index (χ4v) is 3.60. The number of hydrogen-bond donors (Lipinski definition) is 0. The Hall–Kier alpha value is -1.88. The highest BCUT2D eigenvalue weighted by molar-refractivity contribution is 5.29. The van der Waals surface area contributed by atoms with Crippen molar-refractivity contribution >= 4 is 0 Å². The maximum absolute atomic E-state index is 5.68. The predicted molar refractivity (Wildman–Crippen MR) is 95.9 cm³/mol. The van der Waals surface area contributed by atoms with E-state index in [1.54, 1.807) is 0 Å². The number of hydrogen-bond acceptors (Lipinski definition) is 5. The highest BCUT2D eigenvalue weighted by atomic mass is 16.5. The van der Waals surface area contributed by atoms with Crippen LogP contribution in [-0.4, -0.2) is 40.3 Å². The van der Waals surface area contributed by atoms with E-state index in [-0.39, 0.29) is 6.10 Å². The van der Waals surface area contributed by atoms with E-state index in [9.17, 15) is 0 Å². The molecule has 0 N–H and O–H groups in total. The number of piperidine rings is 1. The molecule has 1 aliphatic carbocycles. The van der Waals surface area contributed by atoms with Crippen LogP contribution in [0.4, 0.5) is 0 Å². The summed E-state index contributed by atoms with van der Waals surface area (Å²) in [5.41, 5.74) is 1.17. The Morgan fingerprint density at radius 2 is 1.84 bits per heavy atom. The van der Waals surface area contributed by atoms with Crippen LogP contribution in [-0.2, 0) is 6.42 Å². The van der Waals surface area contributed by atoms with Gasteiger partial charge in [0.1, 0.15) is 5.75 Å². The lowest BCUT2D eigenvalue weighted by Gasteiger charge is -2.30. The highest BCUT2D eigenvalue weighted by Crippen LogP contribution is 2.34. The van der Waals surface area contributed by atoms with Crippen LogP contribution < -0.4 is 4.74 Å². The Morgan fingerprint density at radius 1 is 1.12 bits per heavy atom. The first kappa shape index (κ1) is 16.6. The number of likely N-dealkylation sites (tertiary alicyclic amines) is 1. The van der Waals surface area contributed by atoms with Crippen molar-refractivity contribution in [3.63, 3.8) is 0 Å². The van der Waals surface area contributed by atoms with Crippen LogP contribution >= 0.6 is 0 Å². The van der Waals surface area contributed by atoms with Gasteiger partial charge in [-0.25, -0.2) is 0 Å². The molecule has 1 aliphatic heterocycles. The molecular formula is C20H27N3O2. The van der Waals surface area contributed by atoms with Gasteiger partial charge in [0.2, 0.25) is 5.89 Å². The number of ether oxygens (including phenoxy) is 1. The zero-order valence-corrected chi connectivity index (χ0v) is 15.1. The van der Waals surface area contributed by atoms with Crippen molar-refractivity contribution in [2.45, 2.75) is 64.0 Å². The standard InChI is InChI=1S/C20H27N3O2/c1-14(2)24-18-7-3-15(4-8-18)13-19-21-20(25-22-19)16-9-11-23(12-10-16)17-5-6-17/h3-4,7-8,14,16-17H,5-6,9-13H2,1-2H3. The molecule has 0 atom stereocenters. The van der Waals surface area contributed by atoms with E-state index >= 15 is 0 Å². The molecule has 2 aromatic rings. The van der Waals surface area contributed by atoms with Crippen LogP contribution in [0.2, 0.25) is 0 Å². The number of benzene rings is 1. The number of rotatable bonds is 6. The monoisotopic (exact) mass is 341 g/mol. The molecule has 1 saturated carbocycles. The third kappa shape index (κ3) is 4.21. The van der Waals surface area contributed by atoms with Crippen LogP contribution in [0, 0.1) is 0 Å². The van der Waals surface area contributed by atoms with Crippen LogP contribution in [0.5, 0.6) is 5.75 Å². The second kappa shape index (κ2) is 7.16. The molecule has 2 heterocycles. The fraction of sp³-hybridized carbons (Fsp3) is 0.600. The first-order valence-corrected chi connectivity index (χ1v) is 9.49. The largest absolute Gasteiger partial charge is 0.491 e. The first-order valence-electron chi connectivity index (χ1n) is 9.49. The Bertz CT molecular complexity index is 683. The van der Waals surface area contributed by atoms with Crippen LogP contribution in [0.25, 0.3) is 0 Å². The molecule has 25 heavy (non-hydrogen) atoms. The molecule has 1 saturated heterocycles. The molecule has 0 unspecified atom stereocenters. The molecule has 5 heteroatoms. The van der Waals surface area contributed by atoms with E-state index in [1.165, 1.54) is 31.5 Å². The van der Waals surface area contributed by atoms with Gasteiger partial charge in [0.05, 0.1) is 6.10 Å². The molecule has 134 valence electrons. The van der Waals surface area contributed by atoms with Gasteiger partial charge in [-0.1, -0.05) is 17.3 Å². The molecule has 0 spiro atoms. The lowest BCUT2D eigenvalue weighted by Crippen LogP contribution is -2.34. The maximum Gasteiger partial charge on any atom is 0.229 e. The molecule has 2 fully saturated rings. The van der Waals surface area contributed by atoms with Crippen LogP contribution in [0.3, 0.4) is 0 Å². The zero-order valence-electron chi connectivity index (χ0n) is 15.1. The lowest BCUT2D eigenvalue weighted by atomic mass is 9.96. The van der Waals surface area contributed by atoms with E-state index in [0.29, 0.717) is 12.3 Å². The number of aromatic nitrogens is 2. The zero-order chi connectivity index (χ0) is 17.2. The summed E-state index contributed by atoms with van der Waals surface area (Å²) >= 11 is 0. The van der Waals surface area contributed by atoms with Gasteiger partial charge >= 0.3 is 0 Å². The first-order chi connectivity index (χ1) is 12.2. The van der Waals surface area contributed by atoms with E-state index in [2.05, 4.69) is 27.2 Å². The van der Waals surface area contributed by atoms with Gasteiger partial charge in [0.25, 0.3) is 0 Å². The summed E-state index contributed by atoms with van der Waals surface area (Å²) < 4.78 is 11.2. The quantitative estimate of drug-likeness (QED) is 0.800. The molecule has 1 aromatic carbocycles. The fourth-order valence-electron chi connectivity index (χ4n) is 3.60. The van der Waals surface area contributed by atoms with E-state index in [1.807, 2.05) is 26.0 Å². The Labute approximate surface area is 149 Å². The van der Waals surface area contributed by atoms with E-state index in [4.69, 9.17) is 9.26 Å². The van der Waals surface area contributed by atoms with Gasteiger partial charge in [0, 0.05) is 18.4 Å². The van der Waals surface area contributed by atoms with Gasteiger partial charge in [-0.15, -0.1) is 0 Å². The summed E-state index contributed by atoms with van der Waals surface area (Å²) in [4.78, 5) is 7.28. The molecule has 2 aliphatic rings. The minimum Gasteiger partial charge on any atom is -0.491 e. The van der Waals surface area contributed by atoms with Crippen molar-refractivity contribution in [3.8, 4) is 5.75 Å². The normalized spacial score (nSPS) is 19.5. The second-order valence-corrected chi connectivity index (χ2v) is 7.58. The lowest BCUT2D eigenvalue weighted by molar-refractivity contribution is 0.186. The summed E-state index contributed by atoms with van der Waals surface area (Å²) in [6, 6.07) is 9.01. The molecule has 0 radical (unpaired) electrons. The summed E-state index contributed by atoms with van der Waals surface area (Å²) in [6.45, 7) is 6.41. The third-order valence-corrected chi connectivity index (χ3v) is 5.08. The van der Waals surface area contributed by atoms with Gasteiger partial charge in [-0.2, -0.15) is 4.98 Å². The van der Waals surface area contributed by atoms with Crippen molar-refractivity contribution in [1.29, 1.82) is 0 Å². The maximum atomic E-state index is 5.68. The van der Waals surface area contributed by atoms with Crippen molar-refractivity contribution in [1.82, 2.24) is 15.0 Å². The number of nitrogens with zero attached hydrogens (tertiary/aromatic N) is 3. The van der Waals surface area contributed by atoms with Crippen molar-refractivity contribution < 1.29 is 9.26 Å². The van der Waals surface area contributed by atoms with Crippen LogP contribution in [0.1, 0.15) is 62.7 Å².